The van der Waals surface area contributed by atoms with Gasteiger partial charge in [0.05, 0.1) is 12.1 Å². The molecule has 0 spiro atoms. The highest BCUT2D eigenvalue weighted by Gasteiger charge is 1.96. The molecule has 4 nitrogen and oxygen atoms in total. The van der Waals surface area contributed by atoms with E-state index >= 15 is 0 Å². The minimum Gasteiger partial charge on any atom is -0.492 e. The standard InChI is InChI=1S/C17H18ClN3OS/c18-10-11-22-16-8-6-14(7-9-16)12-20-21-17(19)23-13-15-4-2-1-3-5-15/h1-9,12H,10-11,13H2,(H2,19,21). The van der Waals surface area contributed by atoms with Crippen LogP contribution in [0.4, 0.5) is 0 Å². The second kappa shape index (κ2) is 9.92. The molecule has 23 heavy (non-hydrogen) atoms. The summed E-state index contributed by atoms with van der Waals surface area (Å²) >= 11 is 7.03. The van der Waals surface area contributed by atoms with E-state index in [1.807, 2.05) is 42.5 Å². The Balaban J connectivity index is 1.82. The zero-order valence-corrected chi connectivity index (χ0v) is 14.1. The van der Waals surface area contributed by atoms with Crippen LogP contribution < -0.4 is 10.5 Å². The summed E-state index contributed by atoms with van der Waals surface area (Å²) in [5.74, 6) is 2.03. The molecular weight excluding hydrogens is 330 g/mol. The van der Waals surface area contributed by atoms with Crippen molar-refractivity contribution in [3.63, 3.8) is 0 Å². The van der Waals surface area contributed by atoms with Gasteiger partial charge in [-0.3, -0.25) is 0 Å². The maximum Gasteiger partial charge on any atom is 0.180 e. The molecule has 120 valence electrons. The third-order valence-electron chi connectivity index (χ3n) is 2.82. The van der Waals surface area contributed by atoms with Crippen molar-refractivity contribution in [2.45, 2.75) is 5.75 Å². The fourth-order valence-electron chi connectivity index (χ4n) is 1.72. The van der Waals surface area contributed by atoms with Crippen LogP contribution in [0.25, 0.3) is 0 Å². The smallest absolute Gasteiger partial charge is 0.180 e. The van der Waals surface area contributed by atoms with Crippen molar-refractivity contribution in [1.82, 2.24) is 0 Å². The Morgan fingerprint density at radius 2 is 1.87 bits per heavy atom. The fourth-order valence-corrected chi connectivity index (χ4v) is 2.41. The Morgan fingerprint density at radius 3 is 2.57 bits per heavy atom. The van der Waals surface area contributed by atoms with Crippen LogP contribution in [0.3, 0.4) is 0 Å². The number of nitrogens with two attached hydrogens (primary N) is 1. The van der Waals surface area contributed by atoms with Gasteiger partial charge in [-0.25, -0.2) is 0 Å². The molecule has 0 heterocycles. The molecule has 2 aromatic rings. The Bertz CT molecular complexity index is 645. The first-order chi connectivity index (χ1) is 11.3. The zero-order valence-electron chi connectivity index (χ0n) is 12.6. The van der Waals surface area contributed by atoms with E-state index in [0.717, 1.165) is 17.1 Å². The maximum absolute atomic E-state index is 5.83. The van der Waals surface area contributed by atoms with Crippen molar-refractivity contribution < 1.29 is 4.74 Å². The summed E-state index contributed by atoms with van der Waals surface area (Å²) in [5, 5.41) is 8.42. The van der Waals surface area contributed by atoms with Gasteiger partial charge in [0.2, 0.25) is 0 Å². The molecular formula is C17H18ClN3OS. The number of alkyl halides is 1. The van der Waals surface area contributed by atoms with Crippen molar-refractivity contribution in [1.29, 1.82) is 0 Å². The molecule has 6 heteroatoms. The van der Waals surface area contributed by atoms with Gasteiger partial charge in [0.15, 0.2) is 5.17 Å². The topological polar surface area (TPSA) is 60.0 Å². The Hall–Kier alpha value is -1.98. The number of nitrogens with zero attached hydrogens (tertiary/aromatic N) is 2. The number of benzene rings is 2. The van der Waals surface area contributed by atoms with Gasteiger partial charge >= 0.3 is 0 Å². The average molecular weight is 348 g/mol. The summed E-state index contributed by atoms with van der Waals surface area (Å²) < 4.78 is 5.40. The number of halogens is 1. The van der Waals surface area contributed by atoms with Crippen LogP contribution in [-0.4, -0.2) is 23.9 Å². The molecule has 2 rings (SSSR count). The Morgan fingerprint density at radius 1 is 1.13 bits per heavy atom. The van der Waals surface area contributed by atoms with Gasteiger partial charge in [0.25, 0.3) is 0 Å². The highest BCUT2D eigenvalue weighted by Crippen LogP contribution is 2.12. The molecule has 2 aromatic carbocycles. The van der Waals surface area contributed by atoms with Gasteiger partial charge in [-0.05, 0) is 35.4 Å². The molecule has 0 atom stereocenters. The minimum atomic E-state index is 0.437. The predicted molar refractivity (Wildman–Crippen MR) is 99.6 cm³/mol. The molecule has 0 aliphatic heterocycles. The number of thioether (sulfide) groups is 1. The first-order valence-electron chi connectivity index (χ1n) is 7.10. The average Bonchev–Trinajstić information content (AvgIpc) is 2.60. The van der Waals surface area contributed by atoms with Gasteiger partial charge in [-0.2, -0.15) is 5.10 Å². The lowest BCUT2D eigenvalue weighted by molar-refractivity contribution is 0.343. The predicted octanol–water partition coefficient (Wildman–Crippen LogP) is 3.89. The summed E-state index contributed by atoms with van der Waals surface area (Å²) in [6, 6.07) is 17.6. The molecule has 0 radical (unpaired) electrons. The number of hydrogen-bond donors (Lipinski definition) is 1. The van der Waals surface area contributed by atoms with E-state index in [2.05, 4.69) is 22.3 Å². The van der Waals surface area contributed by atoms with Crippen molar-refractivity contribution >= 4 is 34.7 Å². The summed E-state index contributed by atoms with van der Waals surface area (Å²) in [5.41, 5.74) is 7.96. The second-order valence-electron chi connectivity index (χ2n) is 4.56. The van der Waals surface area contributed by atoms with E-state index in [9.17, 15) is 0 Å². The molecule has 0 aromatic heterocycles. The SMILES string of the molecule is NC(=NN=Cc1ccc(OCCCl)cc1)SCc1ccccc1. The zero-order chi connectivity index (χ0) is 16.3. The molecule has 0 unspecified atom stereocenters. The van der Waals surface area contributed by atoms with Crippen LogP contribution in [0.15, 0.2) is 64.8 Å². The molecule has 0 saturated carbocycles. The van der Waals surface area contributed by atoms with Crippen LogP contribution in [0.2, 0.25) is 0 Å². The molecule has 0 amide bonds. The van der Waals surface area contributed by atoms with Gasteiger partial charge in [-0.1, -0.05) is 42.1 Å². The number of amidine groups is 1. The van der Waals surface area contributed by atoms with E-state index < -0.39 is 0 Å². The highest BCUT2D eigenvalue weighted by atomic mass is 35.5. The van der Waals surface area contributed by atoms with Crippen molar-refractivity contribution in [3.8, 4) is 5.75 Å². The van der Waals surface area contributed by atoms with Crippen molar-refractivity contribution in [3.05, 3.63) is 65.7 Å². The molecule has 2 N–H and O–H groups in total. The van der Waals surface area contributed by atoms with Gasteiger partial charge in [-0.15, -0.1) is 16.7 Å². The van der Waals surface area contributed by atoms with Crippen LogP contribution in [0.5, 0.6) is 5.75 Å². The van der Waals surface area contributed by atoms with Gasteiger partial charge in [0, 0.05) is 5.75 Å². The number of ether oxygens (including phenoxy) is 1. The lowest BCUT2D eigenvalue weighted by atomic mass is 10.2. The summed E-state index contributed by atoms with van der Waals surface area (Å²) in [6.07, 6.45) is 1.65. The largest absolute Gasteiger partial charge is 0.492 e. The highest BCUT2D eigenvalue weighted by molar-refractivity contribution is 8.13. The van der Waals surface area contributed by atoms with E-state index in [1.54, 1.807) is 6.21 Å². The molecule has 0 saturated heterocycles. The third kappa shape index (κ3) is 6.76. The monoisotopic (exact) mass is 347 g/mol. The lowest BCUT2D eigenvalue weighted by Gasteiger charge is -2.03. The summed E-state index contributed by atoms with van der Waals surface area (Å²) in [7, 11) is 0. The van der Waals surface area contributed by atoms with Crippen molar-refractivity contribution in [2.75, 3.05) is 12.5 Å². The Kier molecular flexibility index (Phi) is 7.49. The van der Waals surface area contributed by atoms with Crippen LogP contribution in [0.1, 0.15) is 11.1 Å². The minimum absolute atomic E-state index is 0.437. The van der Waals surface area contributed by atoms with Crippen LogP contribution in [0, 0.1) is 0 Å². The quantitative estimate of drug-likeness (QED) is 0.358. The number of rotatable bonds is 7. The van der Waals surface area contributed by atoms with Crippen LogP contribution in [-0.2, 0) is 5.75 Å². The lowest BCUT2D eigenvalue weighted by Crippen LogP contribution is -2.06. The first kappa shape index (κ1) is 17.4. The van der Waals surface area contributed by atoms with E-state index in [0.29, 0.717) is 17.7 Å². The molecule has 0 aliphatic rings. The normalized spacial score (nSPS) is 11.8. The molecule has 0 aliphatic carbocycles. The van der Waals surface area contributed by atoms with Crippen LogP contribution >= 0.6 is 23.4 Å². The number of hydrogen-bond acceptors (Lipinski definition) is 4. The van der Waals surface area contributed by atoms with E-state index in [4.69, 9.17) is 22.1 Å². The molecule has 0 fully saturated rings. The van der Waals surface area contributed by atoms with Gasteiger partial charge in [0.1, 0.15) is 12.4 Å². The molecule has 0 bridgehead atoms. The fraction of sp³-hybridized carbons (Fsp3) is 0.176. The van der Waals surface area contributed by atoms with E-state index in [1.165, 1.54) is 17.3 Å². The first-order valence-corrected chi connectivity index (χ1v) is 8.62. The second-order valence-corrected chi connectivity index (χ2v) is 5.94. The summed E-state index contributed by atoms with van der Waals surface area (Å²) in [6.45, 7) is 0.494. The Labute approximate surface area is 145 Å². The summed E-state index contributed by atoms with van der Waals surface area (Å²) in [4.78, 5) is 0. The van der Waals surface area contributed by atoms with Gasteiger partial charge < -0.3 is 10.5 Å². The maximum atomic E-state index is 5.83. The van der Waals surface area contributed by atoms with E-state index in [-0.39, 0.29) is 0 Å². The third-order valence-corrected chi connectivity index (χ3v) is 3.83. The van der Waals surface area contributed by atoms with Crippen molar-refractivity contribution in [2.24, 2.45) is 15.9 Å².